The lowest BCUT2D eigenvalue weighted by Crippen LogP contribution is -2.49. The lowest BCUT2D eigenvalue weighted by molar-refractivity contribution is 0.0205. The zero-order valence-corrected chi connectivity index (χ0v) is 21.5. The number of piperidine rings is 1. The Labute approximate surface area is 204 Å². The van der Waals surface area contributed by atoms with Crippen molar-refractivity contribution in [2.24, 2.45) is 10.9 Å². The van der Waals surface area contributed by atoms with E-state index in [1.807, 2.05) is 13.0 Å². The van der Waals surface area contributed by atoms with Gasteiger partial charge in [-0.1, -0.05) is 6.07 Å². The third-order valence-electron chi connectivity index (χ3n) is 5.79. The van der Waals surface area contributed by atoms with Gasteiger partial charge in [0, 0.05) is 64.3 Å². The van der Waals surface area contributed by atoms with Gasteiger partial charge >= 0.3 is 0 Å². The summed E-state index contributed by atoms with van der Waals surface area (Å²) in [5, 5.41) is 7.00. The van der Waals surface area contributed by atoms with Crippen LogP contribution in [-0.4, -0.2) is 69.6 Å². The summed E-state index contributed by atoms with van der Waals surface area (Å²) >= 11 is 0. The number of hydrogen-bond donors (Lipinski definition) is 2. The monoisotopic (exact) mass is 545 g/mol. The Morgan fingerprint density at radius 3 is 2.71 bits per heavy atom. The molecule has 0 saturated carbocycles. The molecule has 2 saturated heterocycles. The van der Waals surface area contributed by atoms with Gasteiger partial charge in [0.15, 0.2) is 5.96 Å². The first-order valence-corrected chi connectivity index (χ1v) is 11.6. The number of nitrogens with zero attached hydrogens (tertiary/aromatic N) is 3. The highest BCUT2D eigenvalue weighted by atomic mass is 127. The predicted molar refractivity (Wildman–Crippen MR) is 138 cm³/mol. The van der Waals surface area contributed by atoms with Gasteiger partial charge in [-0.3, -0.25) is 4.99 Å². The van der Waals surface area contributed by atoms with Crippen molar-refractivity contribution >= 4 is 35.8 Å². The summed E-state index contributed by atoms with van der Waals surface area (Å²) in [5.41, 5.74) is 1.08. The molecule has 1 aromatic rings. The number of nitrogens with one attached hydrogen (secondary N) is 2. The molecule has 0 amide bonds. The summed E-state index contributed by atoms with van der Waals surface area (Å²) in [5.74, 6) is 2.69. The average Bonchev–Trinajstić information content (AvgIpc) is 2.77. The maximum Gasteiger partial charge on any atom is 0.191 e. The van der Waals surface area contributed by atoms with Crippen molar-refractivity contribution in [3.8, 4) is 0 Å². The number of rotatable bonds is 9. The molecule has 0 bridgehead atoms. The van der Waals surface area contributed by atoms with Crippen LogP contribution in [0.1, 0.15) is 44.7 Å². The van der Waals surface area contributed by atoms with Crippen molar-refractivity contribution in [1.82, 2.24) is 15.6 Å². The SMILES string of the molecule is CCNC(=NCCCOCC1CCOCC1)NC1CCN(c2cccc(C)n2)CC1.I. The number of hydrogen-bond acceptors (Lipinski definition) is 5. The molecule has 176 valence electrons. The van der Waals surface area contributed by atoms with Crippen LogP contribution in [0.5, 0.6) is 0 Å². The molecular formula is C23H40IN5O2. The van der Waals surface area contributed by atoms with E-state index >= 15 is 0 Å². The smallest absolute Gasteiger partial charge is 0.191 e. The molecule has 3 heterocycles. The molecule has 1 aromatic heterocycles. The van der Waals surface area contributed by atoms with Crippen LogP contribution in [0.15, 0.2) is 23.2 Å². The maximum atomic E-state index is 5.85. The third kappa shape index (κ3) is 9.49. The van der Waals surface area contributed by atoms with Crippen molar-refractivity contribution < 1.29 is 9.47 Å². The van der Waals surface area contributed by atoms with Crippen LogP contribution in [0.25, 0.3) is 0 Å². The highest BCUT2D eigenvalue weighted by molar-refractivity contribution is 14.0. The Bertz CT molecular complexity index is 647. The van der Waals surface area contributed by atoms with Crippen LogP contribution in [0.4, 0.5) is 5.82 Å². The molecule has 31 heavy (non-hydrogen) atoms. The Morgan fingerprint density at radius 2 is 2.00 bits per heavy atom. The molecule has 0 radical (unpaired) electrons. The van der Waals surface area contributed by atoms with Gasteiger partial charge in [-0.15, -0.1) is 24.0 Å². The molecule has 0 aromatic carbocycles. The zero-order valence-electron chi connectivity index (χ0n) is 19.1. The van der Waals surface area contributed by atoms with E-state index in [-0.39, 0.29) is 24.0 Å². The summed E-state index contributed by atoms with van der Waals surface area (Å²) in [7, 11) is 0. The number of guanidine groups is 1. The Kier molecular flexibility index (Phi) is 12.5. The van der Waals surface area contributed by atoms with E-state index in [1.54, 1.807) is 0 Å². The van der Waals surface area contributed by atoms with Crippen LogP contribution in [0, 0.1) is 12.8 Å². The molecule has 2 aliphatic heterocycles. The highest BCUT2D eigenvalue weighted by Gasteiger charge is 2.21. The molecule has 0 atom stereocenters. The third-order valence-corrected chi connectivity index (χ3v) is 5.79. The van der Waals surface area contributed by atoms with Gasteiger partial charge in [0.05, 0.1) is 0 Å². The average molecular weight is 546 g/mol. The fourth-order valence-electron chi connectivity index (χ4n) is 3.99. The van der Waals surface area contributed by atoms with Gasteiger partial charge < -0.3 is 25.0 Å². The van der Waals surface area contributed by atoms with Crippen molar-refractivity contribution in [3.63, 3.8) is 0 Å². The first kappa shape index (κ1) is 26.1. The van der Waals surface area contributed by atoms with E-state index < -0.39 is 0 Å². The Hall–Kier alpha value is -1.13. The minimum Gasteiger partial charge on any atom is -0.381 e. The molecule has 8 heteroatoms. The van der Waals surface area contributed by atoms with Crippen LogP contribution in [-0.2, 0) is 9.47 Å². The summed E-state index contributed by atoms with van der Waals surface area (Å²) in [6, 6.07) is 6.70. The predicted octanol–water partition coefficient (Wildman–Crippen LogP) is 3.37. The molecule has 7 nitrogen and oxygen atoms in total. The number of aliphatic imine (C=N–C) groups is 1. The van der Waals surface area contributed by atoms with E-state index in [2.05, 4.69) is 39.6 Å². The van der Waals surface area contributed by atoms with Crippen LogP contribution in [0.2, 0.25) is 0 Å². The first-order valence-electron chi connectivity index (χ1n) is 11.6. The number of ether oxygens (including phenoxy) is 2. The minimum absolute atomic E-state index is 0. The summed E-state index contributed by atoms with van der Waals surface area (Å²) in [6.45, 7) is 11.3. The topological polar surface area (TPSA) is 71.0 Å². The van der Waals surface area contributed by atoms with Gasteiger partial charge in [-0.25, -0.2) is 4.98 Å². The van der Waals surface area contributed by atoms with Crippen molar-refractivity contribution in [1.29, 1.82) is 0 Å². The van der Waals surface area contributed by atoms with E-state index in [1.165, 1.54) is 0 Å². The maximum absolute atomic E-state index is 5.85. The second kappa shape index (κ2) is 14.8. The summed E-state index contributed by atoms with van der Waals surface area (Å²) < 4.78 is 11.2. The van der Waals surface area contributed by atoms with Crippen molar-refractivity contribution in [2.45, 2.75) is 52.0 Å². The molecule has 0 unspecified atom stereocenters. The second-order valence-electron chi connectivity index (χ2n) is 8.29. The Balaban J connectivity index is 0.00000341. The van der Waals surface area contributed by atoms with Gasteiger partial charge in [0.25, 0.3) is 0 Å². The van der Waals surface area contributed by atoms with Gasteiger partial charge in [-0.2, -0.15) is 0 Å². The number of halogens is 1. The van der Waals surface area contributed by atoms with Gasteiger partial charge in [0.2, 0.25) is 0 Å². The van der Waals surface area contributed by atoms with E-state index in [0.29, 0.717) is 12.0 Å². The quantitative estimate of drug-likeness (QED) is 0.215. The van der Waals surface area contributed by atoms with Crippen molar-refractivity contribution in [2.75, 3.05) is 57.5 Å². The molecule has 0 aliphatic carbocycles. The summed E-state index contributed by atoms with van der Waals surface area (Å²) in [6.07, 6.45) is 5.40. The van der Waals surface area contributed by atoms with Crippen LogP contribution in [0.3, 0.4) is 0 Å². The minimum atomic E-state index is 0. The molecular weight excluding hydrogens is 505 g/mol. The zero-order chi connectivity index (χ0) is 21.0. The van der Waals surface area contributed by atoms with E-state index in [9.17, 15) is 0 Å². The second-order valence-corrected chi connectivity index (χ2v) is 8.29. The number of aromatic nitrogens is 1. The Morgan fingerprint density at radius 1 is 1.23 bits per heavy atom. The van der Waals surface area contributed by atoms with Crippen LogP contribution >= 0.6 is 24.0 Å². The largest absolute Gasteiger partial charge is 0.381 e. The van der Waals surface area contributed by atoms with E-state index in [4.69, 9.17) is 14.5 Å². The molecule has 2 N–H and O–H groups in total. The van der Waals surface area contributed by atoms with E-state index in [0.717, 1.165) is 102 Å². The fourth-order valence-corrected chi connectivity index (χ4v) is 3.99. The molecule has 2 fully saturated rings. The molecule has 3 rings (SSSR count). The molecule has 2 aliphatic rings. The van der Waals surface area contributed by atoms with Gasteiger partial charge in [0.1, 0.15) is 5.82 Å². The fraction of sp³-hybridized carbons (Fsp3) is 0.739. The standard InChI is InChI=1S/C23H39N5O2.HI/c1-3-24-23(25-12-5-15-30-18-20-10-16-29-17-11-20)27-21-8-13-28(14-9-21)22-7-4-6-19(2)26-22;/h4,6-7,20-21H,3,5,8-18H2,1-2H3,(H2,24,25,27);1H. The number of pyridine rings is 1. The molecule has 0 spiro atoms. The lowest BCUT2D eigenvalue weighted by atomic mass is 10.0. The lowest BCUT2D eigenvalue weighted by Gasteiger charge is -2.34. The normalized spacial score (nSPS) is 18.5. The first-order chi connectivity index (χ1) is 14.7. The summed E-state index contributed by atoms with van der Waals surface area (Å²) in [4.78, 5) is 11.8. The number of anilines is 1. The highest BCUT2D eigenvalue weighted by Crippen LogP contribution is 2.18. The van der Waals surface area contributed by atoms with Crippen molar-refractivity contribution in [3.05, 3.63) is 23.9 Å². The van der Waals surface area contributed by atoms with Crippen LogP contribution < -0.4 is 15.5 Å². The number of aryl methyl sites for hydroxylation is 1. The van der Waals surface area contributed by atoms with Gasteiger partial charge in [-0.05, 0) is 64.0 Å².